The van der Waals surface area contributed by atoms with Gasteiger partial charge in [-0.15, -0.1) is 0 Å². The van der Waals surface area contributed by atoms with Gasteiger partial charge in [-0.1, -0.05) is 19.3 Å². The van der Waals surface area contributed by atoms with Crippen LogP contribution in [0.25, 0.3) is 0 Å². The van der Waals surface area contributed by atoms with E-state index in [1.165, 1.54) is 6.92 Å². The van der Waals surface area contributed by atoms with Crippen molar-refractivity contribution < 1.29 is 20.1 Å². The molecule has 1 aromatic rings. The SMILES string of the molecule is Cc1c(CO)cc([N+](=O)[O-])c(NCC2(O)CCCCC2)c1[N+](=O)[O-]. The number of rotatable bonds is 6. The minimum atomic E-state index is -1.02. The highest BCUT2D eigenvalue weighted by molar-refractivity contribution is 5.77. The smallest absolute Gasteiger partial charge is 0.302 e. The van der Waals surface area contributed by atoms with Crippen LogP contribution in [0.5, 0.6) is 0 Å². The summed E-state index contributed by atoms with van der Waals surface area (Å²) in [5.74, 6) is 0. The van der Waals surface area contributed by atoms with Crippen molar-refractivity contribution in [1.82, 2.24) is 0 Å². The minimum absolute atomic E-state index is 0.00654. The number of nitrogens with zero attached hydrogens (tertiary/aromatic N) is 2. The molecule has 0 amide bonds. The average Bonchev–Trinajstić information content (AvgIpc) is 2.52. The van der Waals surface area contributed by atoms with Crippen LogP contribution in [0.4, 0.5) is 17.1 Å². The molecule has 0 unspecified atom stereocenters. The van der Waals surface area contributed by atoms with Gasteiger partial charge in [0.1, 0.15) is 0 Å². The topological polar surface area (TPSA) is 139 Å². The summed E-state index contributed by atoms with van der Waals surface area (Å²) < 4.78 is 0. The summed E-state index contributed by atoms with van der Waals surface area (Å²) in [7, 11) is 0. The van der Waals surface area contributed by atoms with Crippen LogP contribution >= 0.6 is 0 Å². The van der Waals surface area contributed by atoms with Crippen LogP contribution in [0.2, 0.25) is 0 Å². The molecule has 2 rings (SSSR count). The first kappa shape index (κ1) is 18.1. The normalized spacial score (nSPS) is 16.6. The number of hydrogen-bond acceptors (Lipinski definition) is 7. The largest absolute Gasteiger partial charge is 0.392 e. The van der Waals surface area contributed by atoms with E-state index in [4.69, 9.17) is 0 Å². The van der Waals surface area contributed by atoms with Crippen LogP contribution in [0.3, 0.4) is 0 Å². The second kappa shape index (κ2) is 7.10. The molecule has 1 saturated carbocycles. The molecule has 0 bridgehead atoms. The highest BCUT2D eigenvalue weighted by atomic mass is 16.6. The van der Waals surface area contributed by atoms with E-state index in [0.717, 1.165) is 25.3 Å². The van der Waals surface area contributed by atoms with E-state index in [2.05, 4.69) is 5.32 Å². The standard InChI is InChI=1S/C15H21N3O6/c1-10-11(8-19)7-12(17(21)22)13(14(10)18(23)24)16-9-15(20)5-3-2-4-6-15/h7,16,19-20H,2-6,8-9H2,1H3. The Morgan fingerprint density at radius 2 is 1.83 bits per heavy atom. The summed E-state index contributed by atoms with van der Waals surface area (Å²) in [5, 5.41) is 45.3. The Hall–Kier alpha value is -2.26. The van der Waals surface area contributed by atoms with Gasteiger partial charge in [-0.05, 0) is 25.3 Å². The molecule has 1 fully saturated rings. The molecule has 3 N–H and O–H groups in total. The first-order chi connectivity index (χ1) is 11.3. The van der Waals surface area contributed by atoms with E-state index in [1.807, 2.05) is 0 Å². The predicted molar refractivity (Wildman–Crippen MR) is 86.9 cm³/mol. The van der Waals surface area contributed by atoms with E-state index >= 15 is 0 Å². The quantitative estimate of drug-likeness (QED) is 0.534. The first-order valence-electron chi connectivity index (χ1n) is 7.81. The van der Waals surface area contributed by atoms with Gasteiger partial charge in [0, 0.05) is 18.2 Å². The Balaban J connectivity index is 2.44. The molecule has 0 atom stereocenters. The van der Waals surface area contributed by atoms with Gasteiger partial charge >= 0.3 is 5.69 Å². The number of aliphatic hydroxyl groups is 2. The third-order valence-corrected chi connectivity index (χ3v) is 4.57. The van der Waals surface area contributed by atoms with E-state index < -0.39 is 33.4 Å². The average molecular weight is 339 g/mol. The van der Waals surface area contributed by atoms with Crippen LogP contribution in [-0.2, 0) is 6.61 Å². The maximum atomic E-state index is 11.4. The molecule has 132 valence electrons. The summed E-state index contributed by atoms with van der Waals surface area (Å²) in [6.07, 6.45) is 3.83. The van der Waals surface area contributed by atoms with Crippen molar-refractivity contribution in [3.63, 3.8) is 0 Å². The fraction of sp³-hybridized carbons (Fsp3) is 0.600. The zero-order valence-corrected chi connectivity index (χ0v) is 13.4. The number of aliphatic hydroxyl groups excluding tert-OH is 1. The van der Waals surface area contributed by atoms with Crippen molar-refractivity contribution in [3.05, 3.63) is 37.4 Å². The van der Waals surface area contributed by atoms with Gasteiger partial charge in [-0.25, -0.2) is 0 Å². The molecule has 24 heavy (non-hydrogen) atoms. The summed E-state index contributed by atoms with van der Waals surface area (Å²) in [6, 6.07) is 1.13. The number of hydrogen-bond donors (Lipinski definition) is 3. The lowest BCUT2D eigenvalue weighted by molar-refractivity contribution is -0.392. The van der Waals surface area contributed by atoms with Gasteiger partial charge in [-0.3, -0.25) is 20.2 Å². The number of benzene rings is 1. The first-order valence-corrected chi connectivity index (χ1v) is 7.81. The molecule has 0 saturated heterocycles. The molecule has 0 radical (unpaired) electrons. The number of anilines is 1. The van der Waals surface area contributed by atoms with Crippen LogP contribution in [0.1, 0.15) is 43.2 Å². The fourth-order valence-corrected chi connectivity index (χ4v) is 3.16. The number of nitro benzene ring substituents is 2. The lowest BCUT2D eigenvalue weighted by Gasteiger charge is -2.32. The van der Waals surface area contributed by atoms with Crippen LogP contribution in [-0.4, -0.2) is 32.2 Å². The molecule has 1 aromatic carbocycles. The molecular weight excluding hydrogens is 318 g/mol. The van der Waals surface area contributed by atoms with Gasteiger partial charge < -0.3 is 15.5 Å². The van der Waals surface area contributed by atoms with Crippen molar-refractivity contribution in [2.75, 3.05) is 11.9 Å². The van der Waals surface area contributed by atoms with Crippen molar-refractivity contribution in [2.45, 2.75) is 51.2 Å². The van der Waals surface area contributed by atoms with Crippen LogP contribution in [0, 0.1) is 27.2 Å². The van der Waals surface area contributed by atoms with Gasteiger partial charge in [0.25, 0.3) is 5.69 Å². The number of nitro groups is 2. The minimum Gasteiger partial charge on any atom is -0.392 e. The summed E-state index contributed by atoms with van der Waals surface area (Å²) in [5.41, 5.74) is -1.85. The molecular formula is C15H21N3O6. The van der Waals surface area contributed by atoms with Crippen molar-refractivity contribution in [3.8, 4) is 0 Å². The second-order valence-electron chi connectivity index (χ2n) is 6.21. The Morgan fingerprint density at radius 3 is 2.33 bits per heavy atom. The highest BCUT2D eigenvalue weighted by Crippen LogP contribution is 2.40. The van der Waals surface area contributed by atoms with E-state index in [9.17, 15) is 30.4 Å². The monoisotopic (exact) mass is 339 g/mol. The van der Waals surface area contributed by atoms with Crippen LogP contribution in [0.15, 0.2) is 6.07 Å². The molecule has 1 aliphatic carbocycles. The van der Waals surface area contributed by atoms with Gasteiger partial charge in [-0.2, -0.15) is 0 Å². The Labute approximate surface area is 138 Å². The van der Waals surface area contributed by atoms with Gasteiger partial charge in [0.2, 0.25) is 0 Å². The lowest BCUT2D eigenvalue weighted by atomic mass is 9.85. The van der Waals surface area contributed by atoms with E-state index in [0.29, 0.717) is 12.8 Å². The van der Waals surface area contributed by atoms with Crippen molar-refractivity contribution in [2.24, 2.45) is 0 Å². The van der Waals surface area contributed by atoms with E-state index in [-0.39, 0.29) is 23.4 Å². The third-order valence-electron chi connectivity index (χ3n) is 4.57. The van der Waals surface area contributed by atoms with Gasteiger partial charge in [0.15, 0.2) is 5.69 Å². The molecule has 9 nitrogen and oxygen atoms in total. The zero-order chi connectivity index (χ0) is 17.9. The summed E-state index contributed by atoms with van der Waals surface area (Å²) >= 11 is 0. The maximum absolute atomic E-state index is 11.4. The molecule has 1 aliphatic rings. The Bertz CT molecular complexity index is 655. The Kier molecular flexibility index (Phi) is 5.35. The van der Waals surface area contributed by atoms with Crippen molar-refractivity contribution in [1.29, 1.82) is 0 Å². The summed E-state index contributed by atoms with van der Waals surface area (Å²) in [4.78, 5) is 21.3. The van der Waals surface area contributed by atoms with Crippen molar-refractivity contribution >= 4 is 17.1 Å². The molecule has 0 spiro atoms. The Morgan fingerprint density at radius 1 is 1.21 bits per heavy atom. The molecule has 0 heterocycles. The zero-order valence-electron chi connectivity index (χ0n) is 13.4. The van der Waals surface area contributed by atoms with Crippen LogP contribution < -0.4 is 5.32 Å². The fourth-order valence-electron chi connectivity index (χ4n) is 3.16. The predicted octanol–water partition coefficient (Wildman–Crippen LogP) is 2.41. The second-order valence-corrected chi connectivity index (χ2v) is 6.21. The molecule has 0 aliphatic heterocycles. The number of nitrogens with one attached hydrogen (secondary N) is 1. The third kappa shape index (κ3) is 3.62. The highest BCUT2D eigenvalue weighted by Gasteiger charge is 2.34. The summed E-state index contributed by atoms with van der Waals surface area (Å²) in [6.45, 7) is 0.915. The van der Waals surface area contributed by atoms with Gasteiger partial charge in [0.05, 0.1) is 22.1 Å². The molecule has 0 aromatic heterocycles. The maximum Gasteiger partial charge on any atom is 0.302 e. The van der Waals surface area contributed by atoms with E-state index in [1.54, 1.807) is 0 Å². The lowest BCUT2D eigenvalue weighted by Crippen LogP contribution is -2.39. The molecule has 9 heteroatoms.